The Hall–Kier alpha value is -2.14. The van der Waals surface area contributed by atoms with E-state index in [9.17, 15) is 0 Å². The molecule has 5 heteroatoms. The standard InChI is InChI=1S/C12H13N5/c13-5-10-6-14-17(7-10)9-11-8-16-4-2-1-3-12(16)15-11/h1-4,6-8H,5,9,13H2. The molecule has 0 saturated heterocycles. The highest BCUT2D eigenvalue weighted by Crippen LogP contribution is 2.06. The highest BCUT2D eigenvalue weighted by molar-refractivity contribution is 5.39. The Balaban J connectivity index is 1.89. The van der Waals surface area contributed by atoms with E-state index in [4.69, 9.17) is 5.73 Å². The van der Waals surface area contributed by atoms with Crippen LogP contribution in [0, 0.1) is 0 Å². The smallest absolute Gasteiger partial charge is 0.137 e. The third-order valence-electron chi connectivity index (χ3n) is 2.66. The van der Waals surface area contributed by atoms with Crippen LogP contribution >= 0.6 is 0 Å². The molecule has 0 fully saturated rings. The molecule has 0 aromatic carbocycles. The van der Waals surface area contributed by atoms with Crippen molar-refractivity contribution in [1.29, 1.82) is 0 Å². The first-order valence-electron chi connectivity index (χ1n) is 5.49. The summed E-state index contributed by atoms with van der Waals surface area (Å²) in [6.07, 6.45) is 7.74. The second-order valence-corrected chi connectivity index (χ2v) is 3.95. The van der Waals surface area contributed by atoms with E-state index in [-0.39, 0.29) is 0 Å². The maximum atomic E-state index is 5.54. The molecule has 0 bridgehead atoms. The zero-order chi connectivity index (χ0) is 11.7. The lowest BCUT2D eigenvalue weighted by molar-refractivity contribution is 0.675. The highest BCUT2D eigenvalue weighted by atomic mass is 15.3. The van der Waals surface area contributed by atoms with Gasteiger partial charge in [-0.3, -0.25) is 4.68 Å². The topological polar surface area (TPSA) is 61.1 Å². The van der Waals surface area contributed by atoms with Crippen molar-refractivity contribution in [1.82, 2.24) is 19.2 Å². The van der Waals surface area contributed by atoms with Crippen molar-refractivity contribution in [2.45, 2.75) is 13.1 Å². The van der Waals surface area contributed by atoms with Crippen LogP contribution in [-0.4, -0.2) is 19.2 Å². The molecule has 0 radical (unpaired) electrons. The van der Waals surface area contributed by atoms with E-state index in [2.05, 4.69) is 10.1 Å². The Kier molecular flexibility index (Phi) is 2.38. The van der Waals surface area contributed by atoms with Crippen LogP contribution in [0.25, 0.3) is 5.65 Å². The van der Waals surface area contributed by atoms with Crippen LogP contribution in [0.3, 0.4) is 0 Å². The molecule has 3 aromatic heterocycles. The zero-order valence-corrected chi connectivity index (χ0v) is 9.32. The van der Waals surface area contributed by atoms with E-state index in [0.717, 1.165) is 16.9 Å². The lowest BCUT2D eigenvalue weighted by Gasteiger charge is -1.95. The number of imidazole rings is 1. The van der Waals surface area contributed by atoms with Crippen LogP contribution in [-0.2, 0) is 13.1 Å². The first-order valence-corrected chi connectivity index (χ1v) is 5.49. The summed E-state index contributed by atoms with van der Waals surface area (Å²) in [6, 6.07) is 5.95. The maximum Gasteiger partial charge on any atom is 0.137 e. The van der Waals surface area contributed by atoms with Crippen LogP contribution in [0.1, 0.15) is 11.3 Å². The van der Waals surface area contributed by atoms with Gasteiger partial charge < -0.3 is 10.1 Å². The summed E-state index contributed by atoms with van der Waals surface area (Å²) in [6.45, 7) is 1.19. The zero-order valence-electron chi connectivity index (χ0n) is 9.32. The summed E-state index contributed by atoms with van der Waals surface area (Å²) < 4.78 is 3.85. The molecule has 0 aliphatic heterocycles. The third-order valence-corrected chi connectivity index (χ3v) is 2.66. The molecular weight excluding hydrogens is 214 g/mol. The van der Waals surface area contributed by atoms with E-state index in [0.29, 0.717) is 13.1 Å². The fourth-order valence-electron chi connectivity index (χ4n) is 1.83. The minimum atomic E-state index is 0.519. The van der Waals surface area contributed by atoms with Gasteiger partial charge in [-0.15, -0.1) is 0 Å². The van der Waals surface area contributed by atoms with Gasteiger partial charge in [0.1, 0.15) is 5.65 Å². The summed E-state index contributed by atoms with van der Waals surface area (Å²) in [5.41, 5.74) is 8.52. The van der Waals surface area contributed by atoms with Gasteiger partial charge in [0, 0.05) is 30.7 Å². The molecule has 3 aromatic rings. The Labute approximate surface area is 98.5 Å². The van der Waals surface area contributed by atoms with Crippen molar-refractivity contribution < 1.29 is 0 Å². The summed E-state index contributed by atoms with van der Waals surface area (Å²) in [5, 5.41) is 4.24. The first kappa shape index (κ1) is 10.0. The number of nitrogens with two attached hydrogens (primary N) is 1. The Bertz CT molecular complexity index is 604. The lowest BCUT2D eigenvalue weighted by atomic mass is 10.4. The van der Waals surface area contributed by atoms with Gasteiger partial charge in [-0.2, -0.15) is 5.10 Å². The maximum absolute atomic E-state index is 5.54. The fourth-order valence-corrected chi connectivity index (χ4v) is 1.83. The Morgan fingerprint density at radius 3 is 2.94 bits per heavy atom. The monoisotopic (exact) mass is 227 g/mol. The second kappa shape index (κ2) is 4.03. The lowest BCUT2D eigenvalue weighted by Crippen LogP contribution is -2.00. The summed E-state index contributed by atoms with van der Waals surface area (Å²) in [7, 11) is 0. The first-order chi connectivity index (χ1) is 8.35. The number of pyridine rings is 1. The Morgan fingerprint density at radius 2 is 2.18 bits per heavy atom. The Morgan fingerprint density at radius 1 is 1.24 bits per heavy atom. The van der Waals surface area contributed by atoms with E-state index in [1.807, 2.05) is 45.9 Å². The summed E-state index contributed by atoms with van der Waals surface area (Å²) in [5.74, 6) is 0. The molecule has 0 unspecified atom stereocenters. The summed E-state index contributed by atoms with van der Waals surface area (Å²) in [4.78, 5) is 4.51. The average Bonchev–Trinajstić information content (AvgIpc) is 2.94. The van der Waals surface area contributed by atoms with E-state index in [1.165, 1.54) is 0 Å². The predicted molar refractivity (Wildman–Crippen MR) is 64.4 cm³/mol. The SMILES string of the molecule is NCc1cnn(Cc2cn3ccccc3n2)c1. The quantitative estimate of drug-likeness (QED) is 0.727. The second-order valence-electron chi connectivity index (χ2n) is 3.95. The largest absolute Gasteiger partial charge is 0.326 e. The van der Waals surface area contributed by atoms with Crippen molar-refractivity contribution in [3.8, 4) is 0 Å². The van der Waals surface area contributed by atoms with Gasteiger partial charge in [0.25, 0.3) is 0 Å². The van der Waals surface area contributed by atoms with Gasteiger partial charge in [-0.25, -0.2) is 4.98 Å². The van der Waals surface area contributed by atoms with Gasteiger partial charge in [0.15, 0.2) is 0 Å². The number of hydrogen-bond acceptors (Lipinski definition) is 3. The molecule has 0 atom stereocenters. The predicted octanol–water partition coefficient (Wildman–Crippen LogP) is 1.04. The van der Waals surface area contributed by atoms with Crippen LogP contribution < -0.4 is 5.73 Å². The molecule has 0 spiro atoms. The minimum Gasteiger partial charge on any atom is -0.326 e. The molecule has 0 aliphatic rings. The number of aromatic nitrogens is 4. The van der Waals surface area contributed by atoms with Crippen LogP contribution in [0.5, 0.6) is 0 Å². The van der Waals surface area contributed by atoms with Crippen molar-refractivity contribution in [2.75, 3.05) is 0 Å². The molecule has 0 aliphatic carbocycles. The van der Waals surface area contributed by atoms with Crippen LogP contribution in [0.15, 0.2) is 43.0 Å². The molecule has 2 N–H and O–H groups in total. The minimum absolute atomic E-state index is 0.519. The van der Waals surface area contributed by atoms with E-state index in [1.54, 1.807) is 6.20 Å². The van der Waals surface area contributed by atoms with Gasteiger partial charge in [-0.1, -0.05) is 6.07 Å². The van der Waals surface area contributed by atoms with E-state index < -0.39 is 0 Å². The number of hydrogen-bond donors (Lipinski definition) is 1. The molecule has 0 saturated carbocycles. The number of fused-ring (bicyclic) bond motifs is 1. The van der Waals surface area contributed by atoms with Crippen LogP contribution in [0.2, 0.25) is 0 Å². The van der Waals surface area contributed by atoms with Crippen molar-refractivity contribution >= 4 is 5.65 Å². The molecule has 17 heavy (non-hydrogen) atoms. The van der Waals surface area contributed by atoms with Gasteiger partial charge in [0.05, 0.1) is 18.4 Å². The van der Waals surface area contributed by atoms with Crippen molar-refractivity contribution in [3.05, 3.63) is 54.2 Å². The molecular formula is C12H13N5. The van der Waals surface area contributed by atoms with Crippen LogP contribution in [0.4, 0.5) is 0 Å². The third kappa shape index (κ3) is 1.92. The summed E-state index contributed by atoms with van der Waals surface area (Å²) >= 11 is 0. The normalized spacial score (nSPS) is 11.1. The molecule has 5 nitrogen and oxygen atoms in total. The van der Waals surface area contributed by atoms with Crippen molar-refractivity contribution in [3.63, 3.8) is 0 Å². The highest BCUT2D eigenvalue weighted by Gasteiger charge is 2.03. The molecule has 0 amide bonds. The number of nitrogens with zero attached hydrogens (tertiary/aromatic N) is 4. The van der Waals surface area contributed by atoms with Gasteiger partial charge in [-0.05, 0) is 12.1 Å². The van der Waals surface area contributed by atoms with Gasteiger partial charge in [0.2, 0.25) is 0 Å². The molecule has 3 rings (SSSR count). The average molecular weight is 227 g/mol. The number of rotatable bonds is 3. The van der Waals surface area contributed by atoms with E-state index >= 15 is 0 Å². The van der Waals surface area contributed by atoms with Gasteiger partial charge >= 0.3 is 0 Å². The van der Waals surface area contributed by atoms with Crippen molar-refractivity contribution in [2.24, 2.45) is 5.73 Å². The fraction of sp³-hybridized carbons (Fsp3) is 0.167. The molecule has 3 heterocycles. The molecule has 86 valence electrons.